The SMILES string of the molecule is CCOP(=O)(OCC)C(F)(F)C[C@H]1CCOC[C@H]1Cn1cnc2c(Cl)ncnc21. The fourth-order valence-corrected chi connectivity index (χ4v) is 5.31. The molecule has 1 saturated heterocycles. The van der Waals surface area contributed by atoms with Gasteiger partial charge in [0.25, 0.3) is 0 Å². The summed E-state index contributed by atoms with van der Waals surface area (Å²) >= 11 is 6.03. The molecule has 1 fully saturated rings. The van der Waals surface area contributed by atoms with Crippen LogP contribution in [-0.4, -0.2) is 51.6 Å². The van der Waals surface area contributed by atoms with Crippen molar-refractivity contribution in [3.8, 4) is 0 Å². The predicted octanol–water partition coefficient (Wildman–Crippen LogP) is 4.38. The van der Waals surface area contributed by atoms with Crippen molar-refractivity contribution in [1.29, 1.82) is 0 Å². The van der Waals surface area contributed by atoms with Gasteiger partial charge in [0.1, 0.15) is 11.8 Å². The second kappa shape index (κ2) is 9.31. The first-order chi connectivity index (χ1) is 13.8. The molecule has 0 aromatic carbocycles. The van der Waals surface area contributed by atoms with E-state index in [1.54, 1.807) is 10.9 Å². The zero-order chi connectivity index (χ0) is 21.1. The van der Waals surface area contributed by atoms with Crippen LogP contribution in [0.3, 0.4) is 0 Å². The van der Waals surface area contributed by atoms with Gasteiger partial charge in [-0.2, -0.15) is 8.78 Å². The standard InChI is InChI=1S/C17H24ClF2N4O4P/c1-3-27-29(25,28-4-2)17(19,20)7-12-5-6-26-9-13(12)8-24-11-23-14-15(18)21-10-22-16(14)24/h10-13H,3-9H2,1-2H3/t12-,13-/m1/s1. The molecule has 8 nitrogen and oxygen atoms in total. The minimum Gasteiger partial charge on any atom is -0.381 e. The molecule has 0 unspecified atom stereocenters. The maximum atomic E-state index is 15.0. The Kier molecular flexibility index (Phi) is 7.22. The molecule has 0 bridgehead atoms. The lowest BCUT2D eigenvalue weighted by Crippen LogP contribution is -2.35. The summed E-state index contributed by atoms with van der Waals surface area (Å²) in [6.07, 6.45) is 2.69. The molecule has 0 N–H and O–H groups in total. The number of alkyl halides is 2. The fraction of sp³-hybridized carbons (Fsp3) is 0.706. The third kappa shape index (κ3) is 4.77. The number of rotatable bonds is 9. The number of hydrogen-bond acceptors (Lipinski definition) is 7. The lowest BCUT2D eigenvalue weighted by atomic mass is 9.85. The number of nitrogens with zero attached hydrogens (tertiary/aromatic N) is 4. The molecule has 2 atom stereocenters. The molecule has 12 heteroatoms. The summed E-state index contributed by atoms with van der Waals surface area (Å²) in [4.78, 5) is 12.3. The monoisotopic (exact) mass is 452 g/mol. The molecule has 3 heterocycles. The Bertz CT molecular complexity index is 874. The van der Waals surface area contributed by atoms with Crippen molar-refractivity contribution < 1.29 is 27.1 Å². The quantitative estimate of drug-likeness (QED) is 0.412. The molecule has 1 aliphatic heterocycles. The molecule has 0 spiro atoms. The first-order valence-corrected chi connectivity index (χ1v) is 11.4. The van der Waals surface area contributed by atoms with E-state index in [2.05, 4.69) is 15.0 Å². The van der Waals surface area contributed by atoms with Gasteiger partial charge in [0.15, 0.2) is 10.8 Å². The van der Waals surface area contributed by atoms with Crippen LogP contribution in [0.25, 0.3) is 11.2 Å². The Hall–Kier alpha value is -1.19. The Balaban J connectivity index is 1.80. The number of hydrogen-bond donors (Lipinski definition) is 0. The zero-order valence-corrected chi connectivity index (χ0v) is 17.9. The average Bonchev–Trinajstić information content (AvgIpc) is 3.08. The van der Waals surface area contributed by atoms with E-state index in [4.69, 9.17) is 25.4 Å². The van der Waals surface area contributed by atoms with Gasteiger partial charge in [-0.1, -0.05) is 11.6 Å². The summed E-state index contributed by atoms with van der Waals surface area (Å²) in [5.41, 5.74) is -2.62. The lowest BCUT2D eigenvalue weighted by molar-refractivity contribution is -0.0384. The third-order valence-corrected chi connectivity index (χ3v) is 7.38. The number of halogens is 3. The van der Waals surface area contributed by atoms with E-state index in [1.807, 2.05) is 0 Å². The normalized spacial score (nSPS) is 21.0. The maximum Gasteiger partial charge on any atom is 0.399 e. The van der Waals surface area contributed by atoms with Gasteiger partial charge in [0, 0.05) is 25.5 Å². The van der Waals surface area contributed by atoms with E-state index in [1.165, 1.54) is 20.2 Å². The summed E-state index contributed by atoms with van der Waals surface area (Å²) in [5, 5.41) is 0.228. The third-order valence-electron chi connectivity index (χ3n) is 4.93. The Labute approximate surface area is 172 Å². The van der Waals surface area contributed by atoms with Crippen molar-refractivity contribution in [2.24, 2.45) is 11.8 Å². The van der Waals surface area contributed by atoms with Crippen LogP contribution in [0, 0.1) is 11.8 Å². The van der Waals surface area contributed by atoms with Crippen molar-refractivity contribution >= 4 is 30.4 Å². The van der Waals surface area contributed by atoms with Gasteiger partial charge >= 0.3 is 13.3 Å². The summed E-state index contributed by atoms with van der Waals surface area (Å²) in [6.45, 7) is 3.80. The highest BCUT2D eigenvalue weighted by Crippen LogP contribution is 2.64. The van der Waals surface area contributed by atoms with Crippen LogP contribution in [-0.2, 0) is 24.9 Å². The summed E-state index contributed by atoms with van der Waals surface area (Å²) in [5.74, 6) is -0.694. The number of fused-ring (bicyclic) bond motifs is 1. The molecule has 2 aromatic heterocycles. The zero-order valence-electron chi connectivity index (χ0n) is 16.3. The molecule has 0 radical (unpaired) electrons. The van der Waals surface area contributed by atoms with Crippen molar-refractivity contribution in [3.63, 3.8) is 0 Å². The van der Waals surface area contributed by atoms with Gasteiger partial charge in [-0.15, -0.1) is 0 Å². The van der Waals surface area contributed by atoms with Crippen LogP contribution in [0.4, 0.5) is 8.78 Å². The Morgan fingerprint density at radius 1 is 1.28 bits per heavy atom. The van der Waals surface area contributed by atoms with Crippen LogP contribution in [0.2, 0.25) is 5.15 Å². The van der Waals surface area contributed by atoms with Gasteiger partial charge in [-0.25, -0.2) is 15.0 Å². The smallest absolute Gasteiger partial charge is 0.381 e. The molecule has 1 aliphatic rings. The van der Waals surface area contributed by atoms with E-state index < -0.39 is 25.6 Å². The number of imidazole rings is 1. The Morgan fingerprint density at radius 2 is 2.00 bits per heavy atom. The van der Waals surface area contributed by atoms with Crippen molar-refractivity contribution in [2.45, 2.75) is 38.9 Å². The number of aromatic nitrogens is 4. The summed E-state index contributed by atoms with van der Waals surface area (Å²) in [7, 11) is -4.56. The molecule has 2 aromatic rings. The first-order valence-electron chi connectivity index (χ1n) is 9.47. The van der Waals surface area contributed by atoms with E-state index in [0.29, 0.717) is 37.3 Å². The highest BCUT2D eigenvalue weighted by atomic mass is 35.5. The minimum absolute atomic E-state index is 0.119. The second-order valence-electron chi connectivity index (χ2n) is 6.82. The molecule has 29 heavy (non-hydrogen) atoms. The first kappa shape index (κ1) is 22.5. The van der Waals surface area contributed by atoms with Crippen LogP contribution < -0.4 is 0 Å². The summed E-state index contributed by atoms with van der Waals surface area (Å²) in [6, 6.07) is 0. The largest absolute Gasteiger partial charge is 0.399 e. The Morgan fingerprint density at radius 3 is 2.69 bits per heavy atom. The topological polar surface area (TPSA) is 88.4 Å². The van der Waals surface area contributed by atoms with Gasteiger partial charge in [0.2, 0.25) is 0 Å². The van der Waals surface area contributed by atoms with Crippen LogP contribution in [0.15, 0.2) is 12.7 Å². The average molecular weight is 453 g/mol. The predicted molar refractivity (Wildman–Crippen MR) is 103 cm³/mol. The number of ether oxygens (including phenoxy) is 1. The maximum absolute atomic E-state index is 15.0. The van der Waals surface area contributed by atoms with Crippen molar-refractivity contribution in [2.75, 3.05) is 26.4 Å². The lowest BCUT2D eigenvalue weighted by Gasteiger charge is -2.35. The van der Waals surface area contributed by atoms with Gasteiger partial charge < -0.3 is 18.4 Å². The molecular formula is C17H24ClF2N4O4P. The van der Waals surface area contributed by atoms with E-state index in [-0.39, 0.29) is 24.3 Å². The van der Waals surface area contributed by atoms with Crippen molar-refractivity contribution in [3.05, 3.63) is 17.8 Å². The van der Waals surface area contributed by atoms with E-state index in [0.717, 1.165) is 0 Å². The molecule has 3 rings (SSSR count). The van der Waals surface area contributed by atoms with Crippen molar-refractivity contribution in [1.82, 2.24) is 19.5 Å². The van der Waals surface area contributed by atoms with E-state index in [9.17, 15) is 13.3 Å². The van der Waals surface area contributed by atoms with E-state index >= 15 is 0 Å². The highest BCUT2D eigenvalue weighted by molar-refractivity contribution is 7.55. The highest BCUT2D eigenvalue weighted by Gasteiger charge is 2.55. The van der Waals surface area contributed by atoms with Gasteiger partial charge in [-0.05, 0) is 26.2 Å². The van der Waals surface area contributed by atoms with Gasteiger partial charge in [0.05, 0.1) is 26.1 Å². The van der Waals surface area contributed by atoms with Crippen LogP contribution in [0.1, 0.15) is 26.7 Å². The molecule has 0 saturated carbocycles. The summed E-state index contributed by atoms with van der Waals surface area (Å²) < 4.78 is 59.7. The molecular weight excluding hydrogens is 429 g/mol. The van der Waals surface area contributed by atoms with Crippen LogP contribution in [0.5, 0.6) is 0 Å². The second-order valence-corrected chi connectivity index (χ2v) is 9.34. The minimum atomic E-state index is -4.56. The van der Waals surface area contributed by atoms with Crippen LogP contribution >= 0.6 is 19.2 Å². The van der Waals surface area contributed by atoms with Gasteiger partial charge in [-0.3, -0.25) is 4.57 Å². The molecule has 0 amide bonds. The molecule has 162 valence electrons. The fourth-order valence-electron chi connectivity index (χ4n) is 3.54. The molecule has 0 aliphatic carbocycles.